The number of primary amides is 1. The summed E-state index contributed by atoms with van der Waals surface area (Å²) in [6, 6.07) is 0.500. The van der Waals surface area contributed by atoms with Crippen molar-refractivity contribution in [2.45, 2.75) is 57.5 Å². The van der Waals surface area contributed by atoms with E-state index in [9.17, 15) is 4.79 Å². The van der Waals surface area contributed by atoms with Crippen molar-refractivity contribution in [1.82, 2.24) is 5.32 Å². The van der Waals surface area contributed by atoms with Gasteiger partial charge < -0.3 is 11.1 Å². The molecule has 0 aliphatic heterocycles. The molecule has 3 nitrogen and oxygen atoms in total. The summed E-state index contributed by atoms with van der Waals surface area (Å²) in [5.41, 5.74) is 5.49. The first kappa shape index (κ1) is 10.9. The smallest absolute Gasteiger partial charge is 0.234 e. The number of carbonyl (C=O) groups is 1. The predicted octanol–water partition coefficient (Wildman–Crippen LogP) is 1.42. The molecule has 15 heavy (non-hydrogen) atoms. The van der Waals surface area contributed by atoms with Crippen molar-refractivity contribution in [3.05, 3.63) is 0 Å². The van der Waals surface area contributed by atoms with Gasteiger partial charge >= 0.3 is 0 Å². The van der Waals surface area contributed by atoms with Crippen LogP contribution < -0.4 is 11.1 Å². The number of hydrogen-bond acceptors (Lipinski definition) is 2. The third-order valence-electron chi connectivity index (χ3n) is 3.75. The highest BCUT2D eigenvalue weighted by atomic mass is 16.1. The third kappa shape index (κ3) is 2.94. The number of rotatable bonds is 4. The van der Waals surface area contributed by atoms with E-state index >= 15 is 0 Å². The molecule has 2 aliphatic rings. The van der Waals surface area contributed by atoms with Gasteiger partial charge in [0.2, 0.25) is 5.91 Å². The molecule has 3 unspecified atom stereocenters. The monoisotopic (exact) mass is 210 g/mol. The van der Waals surface area contributed by atoms with E-state index in [0.717, 1.165) is 18.8 Å². The summed E-state index contributed by atoms with van der Waals surface area (Å²) >= 11 is 0. The van der Waals surface area contributed by atoms with E-state index in [1.165, 1.54) is 25.7 Å². The van der Waals surface area contributed by atoms with Crippen molar-refractivity contribution in [3.8, 4) is 0 Å². The van der Waals surface area contributed by atoms with Gasteiger partial charge in [-0.1, -0.05) is 19.8 Å². The number of nitrogens with one attached hydrogen (secondary N) is 1. The van der Waals surface area contributed by atoms with Crippen LogP contribution in [0.3, 0.4) is 0 Å². The number of hydrogen-bond donors (Lipinski definition) is 2. The Morgan fingerprint density at radius 3 is 2.60 bits per heavy atom. The van der Waals surface area contributed by atoms with E-state index in [0.29, 0.717) is 12.0 Å². The maximum atomic E-state index is 11.4. The van der Waals surface area contributed by atoms with Gasteiger partial charge in [-0.3, -0.25) is 4.79 Å². The third-order valence-corrected chi connectivity index (χ3v) is 3.75. The van der Waals surface area contributed by atoms with Gasteiger partial charge in [0.1, 0.15) is 0 Å². The van der Waals surface area contributed by atoms with Gasteiger partial charge in [0, 0.05) is 6.04 Å². The second-order valence-corrected chi connectivity index (χ2v) is 5.35. The first-order valence-electron chi connectivity index (χ1n) is 6.22. The summed E-state index contributed by atoms with van der Waals surface area (Å²) in [7, 11) is 0. The molecule has 86 valence electrons. The number of nitrogens with two attached hydrogens (primary N) is 1. The van der Waals surface area contributed by atoms with Crippen molar-refractivity contribution in [2.75, 3.05) is 0 Å². The minimum Gasteiger partial charge on any atom is -0.368 e. The van der Waals surface area contributed by atoms with Gasteiger partial charge in [-0.15, -0.1) is 0 Å². The fraction of sp³-hybridized carbons (Fsp3) is 0.917. The van der Waals surface area contributed by atoms with Gasteiger partial charge in [0.15, 0.2) is 0 Å². The van der Waals surface area contributed by atoms with Crippen LogP contribution in [0.1, 0.15) is 45.4 Å². The van der Waals surface area contributed by atoms with Crippen LogP contribution in [0.25, 0.3) is 0 Å². The van der Waals surface area contributed by atoms with Crippen molar-refractivity contribution in [1.29, 1.82) is 0 Å². The molecule has 2 rings (SSSR count). The Morgan fingerprint density at radius 2 is 2.07 bits per heavy atom. The van der Waals surface area contributed by atoms with Gasteiger partial charge in [0.05, 0.1) is 6.04 Å². The van der Waals surface area contributed by atoms with Crippen LogP contribution in [0.15, 0.2) is 0 Å². The molecule has 0 bridgehead atoms. The Balaban J connectivity index is 1.92. The first-order valence-corrected chi connectivity index (χ1v) is 6.22. The predicted molar refractivity (Wildman–Crippen MR) is 60.3 cm³/mol. The average Bonchev–Trinajstić information content (AvgIpc) is 2.97. The minimum atomic E-state index is -0.152. The van der Waals surface area contributed by atoms with Crippen LogP contribution in [-0.4, -0.2) is 18.0 Å². The molecule has 0 radical (unpaired) electrons. The van der Waals surface area contributed by atoms with Crippen LogP contribution >= 0.6 is 0 Å². The Kier molecular flexibility index (Phi) is 3.29. The molecular weight excluding hydrogens is 188 g/mol. The largest absolute Gasteiger partial charge is 0.368 e. The summed E-state index contributed by atoms with van der Waals surface area (Å²) in [6.45, 7) is 2.28. The molecule has 0 saturated heterocycles. The summed E-state index contributed by atoms with van der Waals surface area (Å²) in [5.74, 6) is 1.08. The van der Waals surface area contributed by atoms with Crippen LogP contribution in [0.2, 0.25) is 0 Å². The van der Waals surface area contributed by atoms with Crippen LogP contribution in [-0.2, 0) is 4.79 Å². The van der Waals surface area contributed by atoms with Crippen LogP contribution in [0.5, 0.6) is 0 Å². The zero-order chi connectivity index (χ0) is 10.8. The van der Waals surface area contributed by atoms with Gasteiger partial charge in [0.25, 0.3) is 0 Å². The first-order chi connectivity index (χ1) is 7.16. The van der Waals surface area contributed by atoms with Gasteiger partial charge in [-0.2, -0.15) is 0 Å². The van der Waals surface area contributed by atoms with E-state index < -0.39 is 0 Å². The van der Waals surface area contributed by atoms with E-state index in [-0.39, 0.29) is 11.9 Å². The fourth-order valence-corrected chi connectivity index (χ4v) is 2.74. The standard InChI is InChI=1S/C12H22N2O/c1-8-3-2-4-9(7-8)11(12(13)15)14-10-5-6-10/h8-11,14H,2-7H2,1H3,(H2,13,15). The van der Waals surface area contributed by atoms with Crippen molar-refractivity contribution in [2.24, 2.45) is 17.6 Å². The molecule has 0 aromatic carbocycles. The summed E-state index contributed by atoms with van der Waals surface area (Å²) in [4.78, 5) is 11.4. The molecule has 2 fully saturated rings. The lowest BCUT2D eigenvalue weighted by Crippen LogP contribution is -2.48. The molecule has 2 aliphatic carbocycles. The SMILES string of the molecule is CC1CCCC(C(NC2CC2)C(N)=O)C1. The van der Waals surface area contributed by atoms with Crippen LogP contribution in [0, 0.1) is 11.8 Å². The zero-order valence-electron chi connectivity index (χ0n) is 9.54. The maximum Gasteiger partial charge on any atom is 0.234 e. The molecular formula is C12H22N2O. The maximum absolute atomic E-state index is 11.4. The van der Waals surface area contributed by atoms with E-state index in [2.05, 4.69) is 12.2 Å². The lowest BCUT2D eigenvalue weighted by molar-refractivity contribution is -0.121. The highest BCUT2D eigenvalue weighted by molar-refractivity contribution is 5.80. The summed E-state index contributed by atoms with van der Waals surface area (Å²) in [5, 5.41) is 3.41. The molecule has 2 saturated carbocycles. The molecule has 0 aromatic rings. The van der Waals surface area contributed by atoms with Gasteiger partial charge in [-0.05, 0) is 37.5 Å². The topological polar surface area (TPSA) is 55.1 Å². The number of amides is 1. The van der Waals surface area contributed by atoms with Crippen LogP contribution in [0.4, 0.5) is 0 Å². The highest BCUT2D eigenvalue weighted by Crippen LogP contribution is 2.32. The van der Waals surface area contributed by atoms with Gasteiger partial charge in [-0.25, -0.2) is 0 Å². The second kappa shape index (κ2) is 4.52. The van der Waals surface area contributed by atoms with E-state index in [1.807, 2.05) is 0 Å². The van der Waals surface area contributed by atoms with Crippen molar-refractivity contribution < 1.29 is 4.79 Å². The molecule has 0 heterocycles. The molecule has 3 N–H and O–H groups in total. The fourth-order valence-electron chi connectivity index (χ4n) is 2.74. The molecule has 0 spiro atoms. The second-order valence-electron chi connectivity index (χ2n) is 5.35. The summed E-state index contributed by atoms with van der Waals surface area (Å²) in [6.07, 6.45) is 7.32. The molecule has 3 atom stereocenters. The van der Waals surface area contributed by atoms with Crippen molar-refractivity contribution >= 4 is 5.91 Å². The highest BCUT2D eigenvalue weighted by Gasteiger charge is 2.34. The van der Waals surface area contributed by atoms with E-state index in [4.69, 9.17) is 5.73 Å². The number of carbonyl (C=O) groups excluding carboxylic acids is 1. The Bertz CT molecular complexity index is 238. The lowest BCUT2D eigenvalue weighted by Gasteiger charge is -2.32. The summed E-state index contributed by atoms with van der Waals surface area (Å²) < 4.78 is 0. The Hall–Kier alpha value is -0.570. The molecule has 3 heteroatoms. The Labute approximate surface area is 91.8 Å². The lowest BCUT2D eigenvalue weighted by atomic mass is 9.78. The van der Waals surface area contributed by atoms with E-state index in [1.54, 1.807) is 0 Å². The molecule has 1 amide bonds. The normalized spacial score (nSPS) is 33.7. The quantitative estimate of drug-likeness (QED) is 0.737. The molecule has 0 aromatic heterocycles. The zero-order valence-corrected chi connectivity index (χ0v) is 9.54. The Morgan fingerprint density at radius 1 is 1.33 bits per heavy atom. The average molecular weight is 210 g/mol. The minimum absolute atomic E-state index is 0.0692. The van der Waals surface area contributed by atoms with Crippen molar-refractivity contribution in [3.63, 3.8) is 0 Å².